The summed E-state index contributed by atoms with van der Waals surface area (Å²) in [6, 6.07) is 31.2. The average Bonchev–Trinajstić information content (AvgIpc) is 3.45. The van der Waals surface area contributed by atoms with Crippen LogP contribution in [-0.2, 0) is 16.0 Å². The Balaban J connectivity index is 0.845. The molecule has 4 amide bonds. The van der Waals surface area contributed by atoms with E-state index in [1.807, 2.05) is 18.2 Å². The number of nitrogens with zero attached hydrogens (tertiary/aromatic N) is 3. The van der Waals surface area contributed by atoms with Gasteiger partial charge in [-0.05, 0) is 109 Å². The van der Waals surface area contributed by atoms with E-state index in [2.05, 4.69) is 75.9 Å². The van der Waals surface area contributed by atoms with Crippen molar-refractivity contribution < 1.29 is 24.3 Å². The highest BCUT2D eigenvalue weighted by molar-refractivity contribution is 6.23. The number of hydrogen-bond donors (Lipinski definition) is 3. The van der Waals surface area contributed by atoms with Crippen molar-refractivity contribution in [1.29, 1.82) is 0 Å². The van der Waals surface area contributed by atoms with Crippen LogP contribution in [0.4, 0.5) is 5.69 Å². The number of aromatic hydroxyl groups is 1. The van der Waals surface area contributed by atoms with Gasteiger partial charge in [0.25, 0.3) is 11.8 Å². The number of benzene rings is 4. The second kappa shape index (κ2) is 17.3. The molecule has 2 saturated heterocycles. The predicted molar refractivity (Wildman–Crippen MR) is 215 cm³/mol. The fourth-order valence-corrected chi connectivity index (χ4v) is 8.01. The molecule has 0 saturated carbocycles. The van der Waals surface area contributed by atoms with Crippen LogP contribution in [0.1, 0.15) is 82.0 Å². The molecule has 0 spiro atoms. The number of phenols is 1. The minimum atomic E-state index is -0.963. The number of fused-ring (bicyclic) bond motifs is 1. The lowest BCUT2D eigenvalue weighted by molar-refractivity contribution is -0.136. The average molecular weight is 740 g/mol. The number of carbonyl (C=O) groups is 4. The van der Waals surface area contributed by atoms with E-state index >= 15 is 0 Å². The summed E-state index contributed by atoms with van der Waals surface area (Å²) in [5.74, 6) is -1.71. The minimum Gasteiger partial charge on any atom is -0.508 e. The van der Waals surface area contributed by atoms with Gasteiger partial charge in [0.2, 0.25) is 11.8 Å². The summed E-state index contributed by atoms with van der Waals surface area (Å²) < 4.78 is 0. The van der Waals surface area contributed by atoms with Gasteiger partial charge in [0.1, 0.15) is 11.8 Å². The number of carbonyl (C=O) groups excluding carboxylic acids is 4. The number of piperazine rings is 1. The molecule has 2 fully saturated rings. The fourth-order valence-electron chi connectivity index (χ4n) is 8.01. The molecule has 284 valence electrons. The van der Waals surface area contributed by atoms with Gasteiger partial charge in [0.05, 0.1) is 11.1 Å². The monoisotopic (exact) mass is 739 g/mol. The Morgan fingerprint density at radius 1 is 0.745 bits per heavy atom. The van der Waals surface area contributed by atoms with Gasteiger partial charge in [-0.15, -0.1) is 0 Å². The normalized spacial score (nSPS) is 18.3. The van der Waals surface area contributed by atoms with Crippen LogP contribution in [0, 0.1) is 0 Å². The predicted octanol–water partition coefficient (Wildman–Crippen LogP) is 6.21. The molecule has 1 atom stereocenters. The van der Waals surface area contributed by atoms with Crippen molar-refractivity contribution in [3.63, 3.8) is 0 Å². The lowest BCUT2D eigenvalue weighted by Gasteiger charge is -2.34. The maximum atomic E-state index is 13.1. The lowest BCUT2D eigenvalue weighted by atomic mass is 9.87. The molecule has 10 heteroatoms. The molecule has 0 radical (unpaired) electrons. The first-order chi connectivity index (χ1) is 26.8. The molecule has 3 N–H and O–H groups in total. The van der Waals surface area contributed by atoms with Gasteiger partial charge in [0.15, 0.2) is 0 Å². The molecule has 1 unspecified atom stereocenters. The van der Waals surface area contributed by atoms with E-state index in [1.54, 1.807) is 30.3 Å². The Labute approximate surface area is 322 Å². The van der Waals surface area contributed by atoms with Gasteiger partial charge in [-0.25, -0.2) is 0 Å². The summed E-state index contributed by atoms with van der Waals surface area (Å²) in [6.45, 7) is 9.16. The summed E-state index contributed by atoms with van der Waals surface area (Å²) in [4.78, 5) is 56.1. The number of hydrogen-bond acceptors (Lipinski definition) is 8. The number of phenolic OH excluding ortho intramolecular Hbond substituents is 1. The Morgan fingerprint density at radius 2 is 1.38 bits per heavy atom. The summed E-state index contributed by atoms with van der Waals surface area (Å²) in [5, 5.41) is 15.6. The van der Waals surface area contributed by atoms with E-state index in [4.69, 9.17) is 0 Å². The Kier molecular flexibility index (Phi) is 11.8. The highest BCUT2D eigenvalue weighted by Gasteiger charge is 2.44. The molecule has 3 aliphatic rings. The first kappa shape index (κ1) is 37.7. The molecule has 55 heavy (non-hydrogen) atoms. The van der Waals surface area contributed by atoms with E-state index in [9.17, 15) is 24.3 Å². The van der Waals surface area contributed by atoms with Crippen molar-refractivity contribution in [2.24, 2.45) is 0 Å². The Morgan fingerprint density at radius 3 is 2.04 bits per heavy atom. The zero-order valence-corrected chi connectivity index (χ0v) is 31.4. The molecule has 4 aromatic carbocycles. The van der Waals surface area contributed by atoms with Crippen LogP contribution in [-0.4, -0.2) is 95.3 Å². The molecule has 3 aliphatic heterocycles. The van der Waals surface area contributed by atoms with Crippen molar-refractivity contribution >= 4 is 40.5 Å². The molecule has 10 nitrogen and oxygen atoms in total. The maximum Gasteiger partial charge on any atom is 0.262 e. The number of imide groups is 2. The number of aryl methyl sites for hydroxylation is 1. The van der Waals surface area contributed by atoms with Crippen molar-refractivity contribution in [3.05, 3.63) is 130 Å². The van der Waals surface area contributed by atoms with Crippen LogP contribution in [0.15, 0.2) is 97.1 Å². The van der Waals surface area contributed by atoms with E-state index < -0.39 is 23.8 Å². The third-order valence-electron chi connectivity index (χ3n) is 11.0. The van der Waals surface area contributed by atoms with Crippen LogP contribution in [0.25, 0.3) is 11.1 Å². The molecular weight excluding hydrogens is 691 g/mol. The molecule has 0 aliphatic carbocycles. The first-order valence-corrected chi connectivity index (χ1v) is 19.5. The van der Waals surface area contributed by atoms with Gasteiger partial charge in [-0.2, -0.15) is 0 Å². The first-order valence-electron chi connectivity index (χ1n) is 19.5. The minimum absolute atomic E-state index is 0.0983. The quantitative estimate of drug-likeness (QED) is 0.0793. The molecule has 0 aromatic heterocycles. The van der Waals surface area contributed by atoms with Gasteiger partial charge in [-0.3, -0.25) is 29.4 Å². The van der Waals surface area contributed by atoms with Gasteiger partial charge < -0.3 is 20.2 Å². The molecule has 4 aromatic rings. The van der Waals surface area contributed by atoms with Gasteiger partial charge in [0, 0.05) is 44.8 Å². The largest absolute Gasteiger partial charge is 0.508 e. The zero-order chi connectivity index (χ0) is 38.3. The number of nitrogens with one attached hydrogen (secondary N) is 2. The van der Waals surface area contributed by atoms with Gasteiger partial charge in [-0.1, -0.05) is 73.7 Å². The Bertz CT molecular complexity index is 2050. The third-order valence-corrected chi connectivity index (χ3v) is 11.0. The van der Waals surface area contributed by atoms with Crippen LogP contribution in [0.5, 0.6) is 5.75 Å². The molecule has 3 heterocycles. The highest BCUT2D eigenvalue weighted by atomic mass is 16.3. The van der Waals surface area contributed by atoms with Gasteiger partial charge >= 0.3 is 0 Å². The summed E-state index contributed by atoms with van der Waals surface area (Å²) in [6.07, 6.45) is 4.21. The molecule has 7 rings (SSSR count). The summed E-state index contributed by atoms with van der Waals surface area (Å²) in [7, 11) is 0. The number of rotatable bonds is 14. The van der Waals surface area contributed by atoms with Crippen LogP contribution in [0.3, 0.4) is 0 Å². The summed E-state index contributed by atoms with van der Waals surface area (Å²) >= 11 is 0. The Hall–Kier alpha value is -5.58. The van der Waals surface area contributed by atoms with Crippen molar-refractivity contribution in [3.8, 4) is 5.75 Å². The standard InChI is InChI=1S/C45H49N5O5/c1-2-37(32-9-4-3-5-10-32)42(34-15-18-36(51)19-16-34)33-13-11-31(12-14-33)8-6-24-48-26-28-49(29-27-48)25-7-23-46-35-17-20-38-39(30-35)45(55)50(44(38)54)40-21-22-41(52)47-43(40)53/h3-5,9-20,30,40,46,51H,2,6-8,21-29H2,1H3,(H,47,52,53)/b42-37+. The second-order valence-electron chi connectivity index (χ2n) is 14.6. The fraction of sp³-hybridized carbons (Fsp3) is 0.333. The van der Waals surface area contributed by atoms with Crippen molar-refractivity contribution in [2.45, 2.75) is 51.5 Å². The lowest BCUT2D eigenvalue weighted by Crippen LogP contribution is -2.54. The number of anilines is 1. The van der Waals surface area contributed by atoms with Crippen molar-refractivity contribution in [2.75, 3.05) is 51.1 Å². The van der Waals surface area contributed by atoms with Crippen LogP contribution in [0.2, 0.25) is 0 Å². The second-order valence-corrected chi connectivity index (χ2v) is 14.6. The number of piperidine rings is 1. The van der Waals surface area contributed by atoms with E-state index in [0.717, 1.165) is 87.6 Å². The molecular formula is C45H49N5O5. The zero-order valence-electron chi connectivity index (χ0n) is 31.4. The number of amides is 4. The maximum absolute atomic E-state index is 13.1. The van der Waals surface area contributed by atoms with Crippen LogP contribution < -0.4 is 10.6 Å². The smallest absolute Gasteiger partial charge is 0.262 e. The third kappa shape index (κ3) is 8.71. The van der Waals surface area contributed by atoms with E-state index in [1.165, 1.54) is 27.8 Å². The summed E-state index contributed by atoms with van der Waals surface area (Å²) in [5.41, 5.74) is 8.64. The van der Waals surface area contributed by atoms with Crippen LogP contribution >= 0.6 is 0 Å². The number of allylic oxidation sites excluding steroid dienone is 1. The van der Waals surface area contributed by atoms with E-state index in [0.29, 0.717) is 0 Å². The van der Waals surface area contributed by atoms with E-state index in [-0.39, 0.29) is 35.6 Å². The molecule has 0 bridgehead atoms. The highest BCUT2D eigenvalue weighted by Crippen LogP contribution is 2.35. The SMILES string of the molecule is CC/C(=C(\c1ccc(O)cc1)c1ccc(CCCN2CCN(CCCNc3ccc4c(c3)C(=O)N(C3CCC(=O)NC3=O)C4=O)CC2)cc1)c1ccccc1. The topological polar surface area (TPSA) is 122 Å². The van der Waals surface area contributed by atoms with Crippen molar-refractivity contribution in [1.82, 2.24) is 20.0 Å².